The van der Waals surface area contributed by atoms with Gasteiger partial charge < -0.3 is 16.0 Å². The summed E-state index contributed by atoms with van der Waals surface area (Å²) in [6.07, 6.45) is 0.353. The predicted molar refractivity (Wildman–Crippen MR) is 149 cm³/mol. The summed E-state index contributed by atoms with van der Waals surface area (Å²) >= 11 is 1.15. The molecule has 0 radical (unpaired) electrons. The van der Waals surface area contributed by atoms with Gasteiger partial charge in [-0.25, -0.2) is 18.4 Å². The standard InChI is InChI=1S/C26H31F3N8O3S2/c1-4-25-8-15(30)12-37(25)23(38)17-7-20(41-22(17)25)21-18(26(27,28)29)10-31-24(34-21)33-19-5-6-36(11-14(19)2)42(39,40)16-9-32-35(3)13-16/h7,9-10,13-15,19H,4-6,8,11-12,30H2,1-3H3,(H,31,33,34)/t14-,15?,19+,25?/m1/s1. The number of halogens is 3. The van der Waals surface area contributed by atoms with Gasteiger partial charge in [-0.3, -0.25) is 9.48 Å². The molecule has 42 heavy (non-hydrogen) atoms. The number of hydrogen-bond acceptors (Lipinski definition) is 9. The van der Waals surface area contributed by atoms with E-state index in [0.717, 1.165) is 22.4 Å². The number of carbonyl (C=O) groups is 1. The molecule has 3 aromatic rings. The van der Waals surface area contributed by atoms with Crippen molar-refractivity contribution in [2.24, 2.45) is 18.7 Å². The second-order valence-corrected chi connectivity index (χ2v) is 14.3. The van der Waals surface area contributed by atoms with E-state index in [9.17, 15) is 26.4 Å². The van der Waals surface area contributed by atoms with Crippen LogP contribution in [0.1, 0.15) is 53.9 Å². The second-order valence-electron chi connectivity index (χ2n) is 11.3. The predicted octanol–water partition coefficient (Wildman–Crippen LogP) is 3.26. The lowest BCUT2D eigenvalue weighted by atomic mass is 9.91. The van der Waals surface area contributed by atoms with Crippen molar-refractivity contribution >= 4 is 33.2 Å². The molecule has 226 valence electrons. The van der Waals surface area contributed by atoms with Crippen LogP contribution in [0.2, 0.25) is 0 Å². The minimum absolute atomic E-state index is 0.00743. The average molecular weight is 625 g/mol. The molecule has 3 aliphatic rings. The van der Waals surface area contributed by atoms with Crippen LogP contribution in [0.15, 0.2) is 29.6 Å². The van der Waals surface area contributed by atoms with E-state index in [1.807, 2.05) is 13.8 Å². The topological polar surface area (TPSA) is 139 Å². The highest BCUT2D eigenvalue weighted by Crippen LogP contribution is 2.53. The van der Waals surface area contributed by atoms with Gasteiger partial charge in [-0.05, 0) is 31.2 Å². The first-order valence-electron chi connectivity index (χ1n) is 13.7. The molecule has 6 heterocycles. The fraction of sp³-hybridized carbons (Fsp3) is 0.538. The van der Waals surface area contributed by atoms with Crippen molar-refractivity contribution in [2.75, 3.05) is 25.0 Å². The van der Waals surface area contributed by atoms with E-state index >= 15 is 0 Å². The Morgan fingerprint density at radius 3 is 2.67 bits per heavy atom. The maximum Gasteiger partial charge on any atom is 0.420 e. The first-order valence-corrected chi connectivity index (χ1v) is 15.9. The van der Waals surface area contributed by atoms with Gasteiger partial charge in [0, 0.05) is 56.0 Å². The van der Waals surface area contributed by atoms with E-state index in [-0.39, 0.29) is 58.4 Å². The molecule has 6 rings (SSSR count). The van der Waals surface area contributed by atoms with Gasteiger partial charge >= 0.3 is 6.18 Å². The van der Waals surface area contributed by atoms with Crippen LogP contribution in [0.4, 0.5) is 19.1 Å². The fourth-order valence-corrected chi connectivity index (χ4v) is 9.37. The van der Waals surface area contributed by atoms with Crippen LogP contribution in [0.5, 0.6) is 0 Å². The number of rotatable bonds is 6. The van der Waals surface area contributed by atoms with E-state index < -0.39 is 27.3 Å². The number of nitrogens with one attached hydrogen (secondary N) is 1. The second kappa shape index (κ2) is 9.99. The zero-order valence-electron chi connectivity index (χ0n) is 23.2. The van der Waals surface area contributed by atoms with Crippen LogP contribution in [0, 0.1) is 5.92 Å². The van der Waals surface area contributed by atoms with Gasteiger partial charge in [-0.1, -0.05) is 13.8 Å². The van der Waals surface area contributed by atoms with E-state index in [4.69, 9.17) is 5.73 Å². The number of nitrogens with zero attached hydrogens (tertiary/aromatic N) is 6. The molecule has 1 amide bonds. The molecule has 2 saturated heterocycles. The Kier molecular flexibility index (Phi) is 6.90. The maximum atomic E-state index is 14.1. The lowest BCUT2D eigenvalue weighted by molar-refractivity contribution is -0.137. The highest BCUT2D eigenvalue weighted by Gasteiger charge is 2.55. The summed E-state index contributed by atoms with van der Waals surface area (Å²) in [6.45, 7) is 4.66. The van der Waals surface area contributed by atoms with E-state index in [0.29, 0.717) is 31.4 Å². The first kappa shape index (κ1) is 29.0. The Bertz CT molecular complexity index is 1660. The van der Waals surface area contributed by atoms with Crippen LogP contribution in [0.25, 0.3) is 10.6 Å². The molecule has 3 aliphatic heterocycles. The SMILES string of the molecule is CCC12CC(N)CN1C(=O)c1cc(-c3nc(N[C@H]4CCN(S(=O)(=O)c5cnn(C)c5)C[C@H]4C)ncc3C(F)(F)F)sc12. The Hall–Kier alpha value is -3.08. The number of anilines is 1. The molecule has 0 bridgehead atoms. The normalized spacial score (nSPS) is 26.5. The summed E-state index contributed by atoms with van der Waals surface area (Å²) in [5.74, 6) is -0.400. The number of piperidine rings is 1. The Morgan fingerprint density at radius 1 is 1.26 bits per heavy atom. The molecule has 3 N–H and O–H groups in total. The van der Waals surface area contributed by atoms with Gasteiger partial charge in [0.05, 0.1) is 27.9 Å². The minimum Gasteiger partial charge on any atom is -0.351 e. The molecule has 0 saturated carbocycles. The molecule has 0 aromatic carbocycles. The summed E-state index contributed by atoms with van der Waals surface area (Å²) in [7, 11) is -2.09. The summed E-state index contributed by atoms with van der Waals surface area (Å²) in [6, 6.07) is 1.04. The van der Waals surface area contributed by atoms with Crippen molar-refractivity contribution in [3.63, 3.8) is 0 Å². The number of thiophene rings is 1. The molecular weight excluding hydrogens is 593 g/mol. The van der Waals surface area contributed by atoms with Crippen molar-refractivity contribution < 1.29 is 26.4 Å². The lowest BCUT2D eigenvalue weighted by Gasteiger charge is -2.36. The third kappa shape index (κ3) is 4.59. The van der Waals surface area contributed by atoms with Gasteiger partial charge in [0.2, 0.25) is 16.0 Å². The van der Waals surface area contributed by atoms with Gasteiger partial charge in [-0.15, -0.1) is 11.3 Å². The van der Waals surface area contributed by atoms with Crippen LogP contribution in [0.3, 0.4) is 0 Å². The van der Waals surface area contributed by atoms with Crippen molar-refractivity contribution in [3.8, 4) is 10.6 Å². The van der Waals surface area contributed by atoms with Crippen molar-refractivity contribution in [1.29, 1.82) is 0 Å². The third-order valence-electron chi connectivity index (χ3n) is 8.58. The number of hydrogen-bond donors (Lipinski definition) is 2. The van der Waals surface area contributed by atoms with Crippen LogP contribution in [-0.2, 0) is 28.8 Å². The van der Waals surface area contributed by atoms with E-state index in [1.54, 1.807) is 11.9 Å². The van der Waals surface area contributed by atoms with E-state index in [2.05, 4.69) is 20.4 Å². The molecule has 0 spiro atoms. The molecule has 11 nitrogen and oxygen atoms in total. The molecular formula is C26H31F3N8O3S2. The van der Waals surface area contributed by atoms with Crippen LogP contribution in [-0.4, -0.2) is 75.0 Å². The smallest absolute Gasteiger partial charge is 0.351 e. The molecule has 2 fully saturated rings. The number of aryl methyl sites for hydroxylation is 1. The number of fused-ring (bicyclic) bond motifs is 3. The quantitative estimate of drug-likeness (QED) is 0.426. The Morgan fingerprint density at radius 2 is 2.02 bits per heavy atom. The monoisotopic (exact) mass is 624 g/mol. The third-order valence-corrected chi connectivity index (χ3v) is 11.7. The van der Waals surface area contributed by atoms with Crippen LogP contribution >= 0.6 is 11.3 Å². The zero-order valence-corrected chi connectivity index (χ0v) is 24.9. The van der Waals surface area contributed by atoms with Gasteiger partial charge in [0.15, 0.2) is 0 Å². The fourth-order valence-electron chi connectivity index (χ4n) is 6.40. The van der Waals surface area contributed by atoms with Crippen molar-refractivity contribution in [2.45, 2.75) is 61.8 Å². The molecule has 3 aromatic heterocycles. The number of alkyl halides is 3. The van der Waals surface area contributed by atoms with Gasteiger partial charge in [0.1, 0.15) is 10.5 Å². The highest BCUT2D eigenvalue weighted by atomic mass is 32.2. The summed E-state index contributed by atoms with van der Waals surface area (Å²) in [4.78, 5) is 24.4. The Balaban J connectivity index is 1.28. The van der Waals surface area contributed by atoms with Gasteiger partial charge in [-0.2, -0.15) is 22.6 Å². The van der Waals surface area contributed by atoms with Gasteiger partial charge in [0.25, 0.3) is 5.91 Å². The highest BCUT2D eigenvalue weighted by molar-refractivity contribution is 7.89. The number of nitrogens with two attached hydrogens (primary N) is 1. The van der Waals surface area contributed by atoms with E-state index in [1.165, 1.54) is 27.4 Å². The molecule has 16 heteroatoms. The number of aromatic nitrogens is 4. The number of amides is 1. The average Bonchev–Trinajstić information content (AvgIpc) is 3.68. The zero-order chi connectivity index (χ0) is 30.2. The van der Waals surface area contributed by atoms with Crippen LogP contribution < -0.4 is 11.1 Å². The summed E-state index contributed by atoms with van der Waals surface area (Å²) < 4.78 is 71.2. The van der Waals surface area contributed by atoms with Crippen molar-refractivity contribution in [3.05, 3.63) is 40.7 Å². The number of sulfonamides is 1. The summed E-state index contributed by atoms with van der Waals surface area (Å²) in [5, 5.41) is 7.09. The largest absolute Gasteiger partial charge is 0.420 e. The molecule has 2 unspecified atom stereocenters. The first-order chi connectivity index (χ1) is 19.7. The van der Waals surface area contributed by atoms with Crippen molar-refractivity contribution in [1.82, 2.24) is 29.0 Å². The molecule has 0 aliphatic carbocycles. The summed E-state index contributed by atoms with van der Waals surface area (Å²) in [5.41, 5.74) is 4.69. The molecule has 4 atom stereocenters. The minimum atomic E-state index is -4.71. The number of carbonyl (C=O) groups excluding carboxylic acids is 1. The maximum absolute atomic E-state index is 14.1. The Labute approximate surface area is 245 Å². The lowest BCUT2D eigenvalue weighted by Crippen LogP contribution is -2.47.